The second kappa shape index (κ2) is 4.53. The molecule has 1 aromatic rings. The van der Waals surface area contributed by atoms with Crippen LogP contribution in [0.15, 0.2) is 24.3 Å². The SMILES string of the molecule is Cc1ccccc1C1(CN)OCC(C)CO1. The van der Waals surface area contributed by atoms with Crippen LogP contribution in [0, 0.1) is 12.8 Å². The molecule has 2 N–H and O–H groups in total. The summed E-state index contributed by atoms with van der Waals surface area (Å²) >= 11 is 0. The van der Waals surface area contributed by atoms with Gasteiger partial charge in [-0.25, -0.2) is 0 Å². The van der Waals surface area contributed by atoms with Crippen LogP contribution in [0.1, 0.15) is 18.1 Å². The molecule has 0 spiro atoms. The monoisotopic (exact) mass is 221 g/mol. The van der Waals surface area contributed by atoms with Gasteiger partial charge in [-0.05, 0) is 12.5 Å². The van der Waals surface area contributed by atoms with Crippen LogP contribution < -0.4 is 5.73 Å². The Morgan fingerprint density at radius 3 is 2.50 bits per heavy atom. The fourth-order valence-corrected chi connectivity index (χ4v) is 2.03. The number of hydrogen-bond donors (Lipinski definition) is 1. The molecular formula is C13H19NO2. The third-order valence-electron chi connectivity index (χ3n) is 3.03. The van der Waals surface area contributed by atoms with Crippen LogP contribution in [0.25, 0.3) is 0 Å². The number of benzene rings is 1. The van der Waals surface area contributed by atoms with Crippen LogP contribution in [0.5, 0.6) is 0 Å². The topological polar surface area (TPSA) is 44.5 Å². The van der Waals surface area contributed by atoms with Gasteiger partial charge in [0.2, 0.25) is 5.79 Å². The van der Waals surface area contributed by atoms with Crippen LogP contribution in [-0.2, 0) is 15.3 Å². The van der Waals surface area contributed by atoms with E-state index in [0.29, 0.717) is 25.7 Å². The first-order valence-corrected chi connectivity index (χ1v) is 5.72. The van der Waals surface area contributed by atoms with Crippen molar-refractivity contribution in [1.82, 2.24) is 0 Å². The minimum absolute atomic E-state index is 0.352. The van der Waals surface area contributed by atoms with Crippen molar-refractivity contribution in [3.8, 4) is 0 Å². The van der Waals surface area contributed by atoms with E-state index in [-0.39, 0.29) is 0 Å². The number of nitrogens with two attached hydrogens (primary N) is 1. The summed E-state index contributed by atoms with van der Waals surface area (Å²) in [5.41, 5.74) is 8.04. The molecule has 2 rings (SSSR count). The van der Waals surface area contributed by atoms with Gasteiger partial charge in [-0.3, -0.25) is 0 Å². The van der Waals surface area contributed by atoms with E-state index < -0.39 is 5.79 Å². The molecule has 0 aliphatic carbocycles. The van der Waals surface area contributed by atoms with E-state index >= 15 is 0 Å². The average molecular weight is 221 g/mol. The van der Waals surface area contributed by atoms with Crippen molar-refractivity contribution in [2.45, 2.75) is 19.6 Å². The molecule has 1 heterocycles. The third-order valence-corrected chi connectivity index (χ3v) is 3.03. The Labute approximate surface area is 96.5 Å². The quantitative estimate of drug-likeness (QED) is 0.828. The van der Waals surface area contributed by atoms with Gasteiger partial charge in [-0.15, -0.1) is 0 Å². The van der Waals surface area contributed by atoms with Gasteiger partial charge in [0, 0.05) is 11.5 Å². The van der Waals surface area contributed by atoms with E-state index in [4.69, 9.17) is 15.2 Å². The molecule has 88 valence electrons. The summed E-state index contributed by atoms with van der Waals surface area (Å²) in [4.78, 5) is 0. The van der Waals surface area contributed by atoms with Gasteiger partial charge < -0.3 is 15.2 Å². The molecule has 0 aromatic heterocycles. The highest BCUT2D eigenvalue weighted by atomic mass is 16.7. The minimum atomic E-state index is -0.738. The van der Waals surface area contributed by atoms with Gasteiger partial charge in [0.1, 0.15) is 0 Å². The Balaban J connectivity index is 2.32. The molecule has 1 aliphatic rings. The van der Waals surface area contributed by atoms with E-state index in [1.54, 1.807) is 0 Å². The van der Waals surface area contributed by atoms with Crippen molar-refractivity contribution in [2.75, 3.05) is 19.8 Å². The van der Waals surface area contributed by atoms with Crippen LogP contribution in [0.4, 0.5) is 0 Å². The fourth-order valence-electron chi connectivity index (χ4n) is 2.03. The first-order valence-electron chi connectivity index (χ1n) is 5.72. The summed E-state index contributed by atoms with van der Waals surface area (Å²) in [6, 6.07) is 8.08. The first kappa shape index (κ1) is 11.6. The van der Waals surface area contributed by atoms with Crippen molar-refractivity contribution in [2.24, 2.45) is 11.7 Å². The fraction of sp³-hybridized carbons (Fsp3) is 0.538. The molecule has 16 heavy (non-hydrogen) atoms. The highest BCUT2D eigenvalue weighted by molar-refractivity contribution is 5.30. The predicted molar refractivity (Wildman–Crippen MR) is 63.0 cm³/mol. The van der Waals surface area contributed by atoms with Gasteiger partial charge in [-0.2, -0.15) is 0 Å². The molecule has 0 radical (unpaired) electrons. The summed E-state index contributed by atoms with van der Waals surface area (Å²) in [6.07, 6.45) is 0. The lowest BCUT2D eigenvalue weighted by Gasteiger charge is -2.39. The normalized spacial score (nSPS) is 30.3. The van der Waals surface area contributed by atoms with E-state index in [1.807, 2.05) is 18.2 Å². The Hall–Kier alpha value is -0.900. The molecule has 1 saturated heterocycles. The molecule has 0 unspecified atom stereocenters. The van der Waals surface area contributed by atoms with Crippen molar-refractivity contribution in [3.05, 3.63) is 35.4 Å². The largest absolute Gasteiger partial charge is 0.344 e. The second-order valence-corrected chi connectivity index (χ2v) is 4.50. The molecule has 0 atom stereocenters. The minimum Gasteiger partial charge on any atom is -0.344 e. The summed E-state index contributed by atoms with van der Waals surface area (Å²) in [7, 11) is 0. The van der Waals surface area contributed by atoms with Crippen LogP contribution in [-0.4, -0.2) is 19.8 Å². The van der Waals surface area contributed by atoms with Crippen molar-refractivity contribution in [1.29, 1.82) is 0 Å². The Morgan fingerprint density at radius 1 is 1.31 bits per heavy atom. The number of rotatable bonds is 2. The summed E-state index contributed by atoms with van der Waals surface area (Å²) in [6.45, 7) is 5.91. The summed E-state index contributed by atoms with van der Waals surface area (Å²) < 4.78 is 11.7. The molecule has 1 aromatic carbocycles. The summed E-state index contributed by atoms with van der Waals surface area (Å²) in [5.74, 6) is -0.304. The second-order valence-electron chi connectivity index (χ2n) is 4.50. The number of ether oxygens (including phenoxy) is 2. The molecule has 3 nitrogen and oxygen atoms in total. The zero-order valence-corrected chi connectivity index (χ0v) is 9.90. The van der Waals surface area contributed by atoms with Crippen LogP contribution in [0.3, 0.4) is 0 Å². The van der Waals surface area contributed by atoms with Crippen LogP contribution in [0.2, 0.25) is 0 Å². The zero-order chi connectivity index (χ0) is 11.6. The maximum absolute atomic E-state index is 5.85. The van der Waals surface area contributed by atoms with Crippen LogP contribution >= 0.6 is 0 Å². The van der Waals surface area contributed by atoms with Gasteiger partial charge >= 0.3 is 0 Å². The summed E-state index contributed by atoms with van der Waals surface area (Å²) in [5, 5.41) is 0. The average Bonchev–Trinajstić information content (AvgIpc) is 2.32. The maximum atomic E-state index is 5.85. The lowest BCUT2D eigenvalue weighted by molar-refractivity contribution is -0.284. The molecule has 0 bridgehead atoms. The van der Waals surface area contributed by atoms with E-state index in [0.717, 1.165) is 11.1 Å². The standard InChI is InChI=1S/C13H19NO2/c1-10-7-15-13(9-14,16-8-10)12-6-4-3-5-11(12)2/h3-6,10H,7-9,14H2,1-2H3. The predicted octanol–water partition coefficient (Wildman–Crippen LogP) is 1.79. The van der Waals surface area contributed by atoms with Gasteiger partial charge in [-0.1, -0.05) is 31.2 Å². The molecule has 1 aliphatic heterocycles. The molecule has 3 heteroatoms. The zero-order valence-electron chi connectivity index (χ0n) is 9.90. The van der Waals surface area contributed by atoms with Crippen molar-refractivity contribution >= 4 is 0 Å². The number of aryl methyl sites for hydroxylation is 1. The van der Waals surface area contributed by atoms with E-state index in [1.165, 1.54) is 0 Å². The van der Waals surface area contributed by atoms with Crippen molar-refractivity contribution in [3.63, 3.8) is 0 Å². The van der Waals surface area contributed by atoms with E-state index in [2.05, 4.69) is 19.9 Å². The Morgan fingerprint density at radius 2 is 1.94 bits per heavy atom. The highest BCUT2D eigenvalue weighted by Crippen LogP contribution is 2.33. The van der Waals surface area contributed by atoms with Gasteiger partial charge in [0.05, 0.1) is 19.8 Å². The van der Waals surface area contributed by atoms with Crippen molar-refractivity contribution < 1.29 is 9.47 Å². The van der Waals surface area contributed by atoms with Gasteiger partial charge in [0.15, 0.2) is 0 Å². The van der Waals surface area contributed by atoms with E-state index in [9.17, 15) is 0 Å². The lowest BCUT2D eigenvalue weighted by atomic mass is 9.98. The first-order chi connectivity index (χ1) is 7.68. The molecule has 0 amide bonds. The Kier molecular flexibility index (Phi) is 3.28. The third kappa shape index (κ3) is 1.98. The molecule has 0 saturated carbocycles. The lowest BCUT2D eigenvalue weighted by Crippen LogP contribution is -2.47. The number of hydrogen-bond acceptors (Lipinski definition) is 3. The van der Waals surface area contributed by atoms with Gasteiger partial charge in [0.25, 0.3) is 0 Å². The highest BCUT2D eigenvalue weighted by Gasteiger charge is 2.38. The maximum Gasteiger partial charge on any atom is 0.207 e. The smallest absolute Gasteiger partial charge is 0.207 e. The molecular weight excluding hydrogens is 202 g/mol. The Bertz CT molecular complexity index is 357. The molecule has 1 fully saturated rings.